The Hall–Kier alpha value is -1.36. The van der Waals surface area contributed by atoms with Crippen molar-refractivity contribution < 1.29 is 4.79 Å². The van der Waals surface area contributed by atoms with Crippen molar-refractivity contribution in [3.63, 3.8) is 0 Å². The summed E-state index contributed by atoms with van der Waals surface area (Å²) in [5, 5.41) is 5.58. The molecule has 0 fully saturated rings. The van der Waals surface area contributed by atoms with Gasteiger partial charge in [0.2, 0.25) is 0 Å². The highest BCUT2D eigenvalue weighted by Gasteiger charge is 2.00. The molecule has 0 atom stereocenters. The van der Waals surface area contributed by atoms with Gasteiger partial charge in [0.05, 0.1) is 0 Å². The van der Waals surface area contributed by atoms with Crippen molar-refractivity contribution in [3.8, 4) is 0 Å². The van der Waals surface area contributed by atoms with Crippen molar-refractivity contribution >= 4 is 29.2 Å². The van der Waals surface area contributed by atoms with E-state index in [4.69, 9.17) is 5.73 Å². The standard InChI is InChI=1S/C13H21N3OS/c1-18-9-4-2-3-8-15-13(17)16-12-7-5-6-11(14)10-12/h5-7,10H,2-4,8-9,14H2,1H3,(H2,15,16,17). The van der Waals surface area contributed by atoms with Crippen molar-refractivity contribution in [2.75, 3.05) is 29.6 Å². The minimum Gasteiger partial charge on any atom is -0.399 e. The van der Waals surface area contributed by atoms with Gasteiger partial charge in [0, 0.05) is 17.9 Å². The molecule has 100 valence electrons. The molecule has 0 bridgehead atoms. The number of thioether (sulfide) groups is 1. The molecule has 0 aliphatic heterocycles. The molecule has 0 radical (unpaired) electrons. The van der Waals surface area contributed by atoms with Gasteiger partial charge in [0.25, 0.3) is 0 Å². The Balaban J connectivity index is 2.14. The molecule has 0 aliphatic rings. The summed E-state index contributed by atoms with van der Waals surface area (Å²) in [6.45, 7) is 0.711. The van der Waals surface area contributed by atoms with Gasteiger partial charge in [-0.1, -0.05) is 12.5 Å². The van der Waals surface area contributed by atoms with E-state index < -0.39 is 0 Å². The second kappa shape index (κ2) is 8.69. The first kappa shape index (κ1) is 14.7. The largest absolute Gasteiger partial charge is 0.399 e. The third-order valence-corrected chi connectivity index (χ3v) is 3.15. The predicted molar refractivity (Wildman–Crippen MR) is 80.1 cm³/mol. The minimum atomic E-state index is -0.175. The van der Waals surface area contributed by atoms with Gasteiger partial charge in [0.15, 0.2) is 0 Å². The fourth-order valence-corrected chi connectivity index (χ4v) is 2.03. The van der Waals surface area contributed by atoms with E-state index in [0.717, 1.165) is 18.5 Å². The summed E-state index contributed by atoms with van der Waals surface area (Å²) in [5.74, 6) is 1.19. The zero-order valence-electron chi connectivity index (χ0n) is 10.7. The summed E-state index contributed by atoms with van der Waals surface area (Å²) in [5.41, 5.74) is 6.99. The van der Waals surface area contributed by atoms with Crippen LogP contribution in [0.3, 0.4) is 0 Å². The van der Waals surface area contributed by atoms with Crippen molar-refractivity contribution in [3.05, 3.63) is 24.3 Å². The van der Waals surface area contributed by atoms with Crippen LogP contribution in [0.25, 0.3) is 0 Å². The van der Waals surface area contributed by atoms with Crippen LogP contribution in [0.15, 0.2) is 24.3 Å². The second-order valence-electron chi connectivity index (χ2n) is 4.06. The number of amides is 2. The van der Waals surface area contributed by atoms with E-state index in [1.807, 2.05) is 23.9 Å². The molecule has 4 nitrogen and oxygen atoms in total. The fraction of sp³-hybridized carbons (Fsp3) is 0.462. The van der Waals surface area contributed by atoms with E-state index >= 15 is 0 Å². The van der Waals surface area contributed by atoms with E-state index in [0.29, 0.717) is 12.2 Å². The van der Waals surface area contributed by atoms with Gasteiger partial charge >= 0.3 is 6.03 Å². The van der Waals surface area contributed by atoms with Gasteiger partial charge in [-0.15, -0.1) is 0 Å². The molecule has 0 heterocycles. The number of anilines is 2. The minimum absolute atomic E-state index is 0.175. The zero-order chi connectivity index (χ0) is 13.2. The lowest BCUT2D eigenvalue weighted by Gasteiger charge is -2.07. The quantitative estimate of drug-likeness (QED) is 0.525. The van der Waals surface area contributed by atoms with Crippen LogP contribution in [0.2, 0.25) is 0 Å². The Bertz CT molecular complexity index is 371. The van der Waals surface area contributed by atoms with Crippen LogP contribution in [-0.2, 0) is 0 Å². The van der Waals surface area contributed by atoms with E-state index in [1.54, 1.807) is 12.1 Å². The van der Waals surface area contributed by atoms with E-state index in [2.05, 4.69) is 16.9 Å². The number of urea groups is 1. The molecule has 4 N–H and O–H groups in total. The number of hydrogen-bond donors (Lipinski definition) is 3. The zero-order valence-corrected chi connectivity index (χ0v) is 11.6. The number of hydrogen-bond acceptors (Lipinski definition) is 3. The van der Waals surface area contributed by atoms with Crippen molar-refractivity contribution in [2.45, 2.75) is 19.3 Å². The van der Waals surface area contributed by atoms with Gasteiger partial charge < -0.3 is 16.4 Å². The Morgan fingerprint density at radius 1 is 1.33 bits per heavy atom. The summed E-state index contributed by atoms with van der Waals surface area (Å²) in [6, 6.07) is 6.97. The number of carbonyl (C=O) groups excluding carboxylic acids is 1. The van der Waals surface area contributed by atoms with Crippen LogP contribution >= 0.6 is 11.8 Å². The fourth-order valence-electron chi connectivity index (χ4n) is 1.54. The van der Waals surface area contributed by atoms with E-state index in [-0.39, 0.29) is 6.03 Å². The van der Waals surface area contributed by atoms with Gasteiger partial charge in [0.1, 0.15) is 0 Å². The highest BCUT2D eigenvalue weighted by atomic mass is 32.2. The van der Waals surface area contributed by atoms with E-state index in [1.165, 1.54) is 12.2 Å². The second-order valence-corrected chi connectivity index (χ2v) is 5.05. The first-order valence-corrected chi connectivity index (χ1v) is 7.51. The Kier molecular flexibility index (Phi) is 7.10. The van der Waals surface area contributed by atoms with Crippen LogP contribution in [0.1, 0.15) is 19.3 Å². The summed E-state index contributed by atoms with van der Waals surface area (Å²) in [4.78, 5) is 11.5. The first-order chi connectivity index (χ1) is 8.72. The van der Waals surface area contributed by atoms with Crippen LogP contribution in [0.4, 0.5) is 16.2 Å². The third-order valence-electron chi connectivity index (χ3n) is 2.46. The molecule has 5 heteroatoms. The smallest absolute Gasteiger partial charge is 0.319 e. The molecule has 0 unspecified atom stereocenters. The number of benzene rings is 1. The lowest BCUT2D eigenvalue weighted by atomic mass is 10.2. The van der Waals surface area contributed by atoms with Crippen molar-refractivity contribution in [1.82, 2.24) is 5.32 Å². The Labute approximate surface area is 113 Å². The molecule has 0 saturated carbocycles. The molecule has 1 aromatic rings. The topological polar surface area (TPSA) is 67.2 Å². The number of nitrogens with one attached hydrogen (secondary N) is 2. The molecule has 1 aromatic carbocycles. The molecule has 0 saturated heterocycles. The number of nitrogen functional groups attached to an aromatic ring is 1. The number of unbranched alkanes of at least 4 members (excludes halogenated alkanes) is 2. The average molecular weight is 267 g/mol. The molecule has 0 aliphatic carbocycles. The monoisotopic (exact) mass is 267 g/mol. The van der Waals surface area contributed by atoms with Crippen LogP contribution in [0.5, 0.6) is 0 Å². The van der Waals surface area contributed by atoms with Gasteiger partial charge in [-0.2, -0.15) is 11.8 Å². The molecule has 1 rings (SSSR count). The van der Waals surface area contributed by atoms with Gasteiger partial charge in [-0.05, 0) is 43.0 Å². The molecule has 2 amide bonds. The molecular formula is C13H21N3OS. The highest BCUT2D eigenvalue weighted by molar-refractivity contribution is 7.98. The average Bonchev–Trinajstić information content (AvgIpc) is 2.33. The van der Waals surface area contributed by atoms with E-state index in [9.17, 15) is 4.79 Å². The highest BCUT2D eigenvalue weighted by Crippen LogP contribution is 2.11. The van der Waals surface area contributed by atoms with Crippen LogP contribution in [0, 0.1) is 0 Å². The maximum absolute atomic E-state index is 11.5. The molecule has 18 heavy (non-hydrogen) atoms. The summed E-state index contributed by atoms with van der Waals surface area (Å²) >= 11 is 1.86. The Morgan fingerprint density at radius 2 is 2.17 bits per heavy atom. The number of nitrogens with two attached hydrogens (primary N) is 1. The predicted octanol–water partition coefficient (Wildman–Crippen LogP) is 2.92. The normalized spacial score (nSPS) is 10.1. The van der Waals surface area contributed by atoms with Crippen LogP contribution < -0.4 is 16.4 Å². The van der Waals surface area contributed by atoms with Crippen molar-refractivity contribution in [2.24, 2.45) is 0 Å². The number of rotatable bonds is 7. The molecular weight excluding hydrogens is 246 g/mol. The maximum Gasteiger partial charge on any atom is 0.319 e. The Morgan fingerprint density at radius 3 is 2.89 bits per heavy atom. The molecule has 0 spiro atoms. The lowest BCUT2D eigenvalue weighted by Crippen LogP contribution is -2.29. The summed E-state index contributed by atoms with van der Waals surface area (Å²) in [6.07, 6.45) is 5.49. The van der Waals surface area contributed by atoms with Gasteiger partial charge in [-0.25, -0.2) is 4.79 Å². The number of carbonyl (C=O) groups is 1. The molecule has 0 aromatic heterocycles. The van der Waals surface area contributed by atoms with Gasteiger partial charge in [-0.3, -0.25) is 0 Å². The summed E-state index contributed by atoms with van der Waals surface area (Å²) < 4.78 is 0. The third kappa shape index (κ3) is 6.39. The summed E-state index contributed by atoms with van der Waals surface area (Å²) in [7, 11) is 0. The van der Waals surface area contributed by atoms with Crippen LogP contribution in [-0.4, -0.2) is 24.6 Å². The SMILES string of the molecule is CSCCCCCNC(=O)Nc1cccc(N)c1. The van der Waals surface area contributed by atoms with Crippen molar-refractivity contribution in [1.29, 1.82) is 0 Å². The maximum atomic E-state index is 11.5. The first-order valence-electron chi connectivity index (χ1n) is 6.11. The lowest BCUT2D eigenvalue weighted by molar-refractivity contribution is 0.252.